The predicted octanol–water partition coefficient (Wildman–Crippen LogP) is 4.48. The molecule has 27 heavy (non-hydrogen) atoms. The number of rotatable bonds is 7. The van der Waals surface area contributed by atoms with Crippen LogP contribution < -0.4 is 19.5 Å². The lowest BCUT2D eigenvalue weighted by Gasteiger charge is -2.15. The molecule has 1 N–H and O–H groups in total. The molecule has 0 unspecified atom stereocenters. The van der Waals surface area contributed by atoms with Crippen LogP contribution in [0.1, 0.15) is 5.56 Å². The molecule has 0 aliphatic rings. The van der Waals surface area contributed by atoms with Crippen molar-refractivity contribution in [2.45, 2.75) is 12.6 Å². The van der Waals surface area contributed by atoms with Gasteiger partial charge in [0.15, 0.2) is 6.61 Å². The molecule has 0 aromatic heterocycles. The molecule has 0 heterocycles. The van der Waals surface area contributed by atoms with E-state index in [9.17, 15) is 18.0 Å². The number of hydrogen-bond acceptors (Lipinski definition) is 4. The summed E-state index contributed by atoms with van der Waals surface area (Å²) in [4.78, 5) is 12.4. The van der Waals surface area contributed by atoms with E-state index in [1.54, 1.807) is 18.2 Å². The molecule has 2 rings (SSSR count). The highest BCUT2D eigenvalue weighted by Crippen LogP contribution is 2.30. The fourth-order valence-electron chi connectivity index (χ4n) is 2.25. The van der Waals surface area contributed by atoms with E-state index < -0.39 is 18.7 Å². The van der Waals surface area contributed by atoms with Crippen LogP contribution in [0.15, 0.2) is 36.4 Å². The Kier molecular flexibility index (Phi) is 6.79. The Morgan fingerprint density at radius 2 is 1.81 bits per heavy atom. The van der Waals surface area contributed by atoms with Crippen LogP contribution in [0.25, 0.3) is 0 Å². The van der Waals surface area contributed by atoms with Crippen LogP contribution in [0, 0.1) is 0 Å². The number of carbonyl (C=O) groups is 1. The van der Waals surface area contributed by atoms with Gasteiger partial charge in [-0.05, 0) is 24.3 Å². The minimum atomic E-state index is -4.50. The highest BCUT2D eigenvalue weighted by atomic mass is 35.5. The third kappa shape index (κ3) is 6.25. The van der Waals surface area contributed by atoms with Gasteiger partial charge in [-0.2, -0.15) is 13.2 Å². The van der Waals surface area contributed by atoms with Gasteiger partial charge in [-0.3, -0.25) is 4.79 Å². The second kappa shape index (κ2) is 8.85. The third-order valence-corrected chi connectivity index (χ3v) is 3.69. The molecule has 0 fully saturated rings. The molecule has 0 aliphatic carbocycles. The molecule has 0 atom stereocenters. The van der Waals surface area contributed by atoms with Gasteiger partial charge in [0.2, 0.25) is 5.91 Å². The van der Waals surface area contributed by atoms with Gasteiger partial charge >= 0.3 is 6.18 Å². The number of methoxy groups -OCH3 is 2. The lowest BCUT2D eigenvalue weighted by Crippen LogP contribution is -2.21. The lowest BCUT2D eigenvalue weighted by molar-refractivity contribution is -0.153. The first-order valence-corrected chi connectivity index (χ1v) is 8.09. The Bertz CT molecular complexity index is 812. The highest BCUT2D eigenvalue weighted by molar-refractivity contribution is 6.31. The second-order valence-electron chi connectivity index (χ2n) is 5.45. The minimum Gasteiger partial charge on any atom is -0.497 e. The monoisotopic (exact) mass is 403 g/mol. The molecule has 0 spiro atoms. The molecular weight excluding hydrogens is 387 g/mol. The van der Waals surface area contributed by atoms with Crippen LogP contribution in [0.5, 0.6) is 17.2 Å². The molecule has 5 nitrogen and oxygen atoms in total. The van der Waals surface area contributed by atoms with E-state index >= 15 is 0 Å². The molecule has 0 aliphatic heterocycles. The molecule has 2 aromatic rings. The van der Waals surface area contributed by atoms with Crippen molar-refractivity contribution < 1.29 is 32.2 Å². The van der Waals surface area contributed by atoms with Gasteiger partial charge in [-0.25, -0.2) is 0 Å². The van der Waals surface area contributed by atoms with Crippen molar-refractivity contribution in [3.05, 3.63) is 47.0 Å². The van der Waals surface area contributed by atoms with Gasteiger partial charge < -0.3 is 19.5 Å². The Morgan fingerprint density at radius 1 is 1.07 bits per heavy atom. The summed E-state index contributed by atoms with van der Waals surface area (Å²) in [5.74, 6) is 0.405. The van der Waals surface area contributed by atoms with Crippen LogP contribution in [0.3, 0.4) is 0 Å². The Hall–Kier alpha value is -2.61. The number of carbonyl (C=O) groups excluding carboxylic acids is 1. The first kappa shape index (κ1) is 20.7. The van der Waals surface area contributed by atoms with Crippen molar-refractivity contribution in [3.8, 4) is 17.2 Å². The van der Waals surface area contributed by atoms with Crippen LogP contribution in [-0.4, -0.2) is 32.9 Å². The number of nitrogens with one attached hydrogen (secondary N) is 1. The van der Waals surface area contributed by atoms with E-state index in [0.29, 0.717) is 17.1 Å². The van der Waals surface area contributed by atoms with E-state index in [0.717, 1.165) is 0 Å². The molecule has 2 aromatic carbocycles. The van der Waals surface area contributed by atoms with E-state index in [1.165, 1.54) is 32.4 Å². The molecule has 0 saturated heterocycles. The van der Waals surface area contributed by atoms with Gasteiger partial charge in [0.05, 0.1) is 26.3 Å². The van der Waals surface area contributed by atoms with E-state index in [1.807, 2.05) is 0 Å². The summed E-state index contributed by atoms with van der Waals surface area (Å²) in [6.45, 7) is -1.48. The maximum absolute atomic E-state index is 12.4. The van der Waals surface area contributed by atoms with Gasteiger partial charge in [0.1, 0.15) is 17.2 Å². The summed E-state index contributed by atoms with van der Waals surface area (Å²) in [5.41, 5.74) is 0.625. The van der Waals surface area contributed by atoms with E-state index in [-0.39, 0.29) is 22.9 Å². The lowest BCUT2D eigenvalue weighted by atomic mass is 10.1. The summed E-state index contributed by atoms with van der Waals surface area (Å²) in [6.07, 6.45) is -4.57. The average molecular weight is 404 g/mol. The first-order chi connectivity index (χ1) is 12.7. The Labute approximate surface area is 159 Å². The van der Waals surface area contributed by atoms with Gasteiger partial charge in [-0.1, -0.05) is 17.7 Å². The Balaban J connectivity index is 2.14. The van der Waals surface area contributed by atoms with Crippen molar-refractivity contribution in [2.75, 3.05) is 26.1 Å². The van der Waals surface area contributed by atoms with E-state index in [4.69, 9.17) is 25.8 Å². The van der Waals surface area contributed by atoms with E-state index in [2.05, 4.69) is 5.32 Å². The summed E-state index contributed by atoms with van der Waals surface area (Å²) in [7, 11) is 2.96. The maximum atomic E-state index is 12.4. The van der Waals surface area contributed by atoms with Crippen LogP contribution in [0.2, 0.25) is 5.02 Å². The molecule has 0 bridgehead atoms. The van der Waals surface area contributed by atoms with Crippen molar-refractivity contribution >= 4 is 23.2 Å². The fourth-order valence-corrected chi connectivity index (χ4v) is 2.42. The summed E-state index contributed by atoms with van der Waals surface area (Å²) in [5, 5.41) is 2.76. The molecule has 1 amide bonds. The van der Waals surface area contributed by atoms with Gasteiger partial charge in [-0.15, -0.1) is 0 Å². The quantitative estimate of drug-likeness (QED) is 0.740. The van der Waals surface area contributed by atoms with Crippen molar-refractivity contribution in [1.29, 1.82) is 0 Å². The molecule has 9 heteroatoms. The number of benzene rings is 2. The molecule has 0 radical (unpaired) electrons. The number of hydrogen-bond donors (Lipinski definition) is 1. The zero-order valence-electron chi connectivity index (χ0n) is 14.5. The predicted molar refractivity (Wildman–Crippen MR) is 94.9 cm³/mol. The standard InChI is InChI=1S/C18H17ClF3NO4/c1-25-13-5-3-11(16(9-13)26-2)7-17(24)23-14-8-12(19)4-6-15(14)27-10-18(20,21)22/h3-6,8-9H,7,10H2,1-2H3,(H,23,24). The molecule has 146 valence electrons. The highest BCUT2D eigenvalue weighted by Gasteiger charge is 2.29. The summed E-state index contributed by atoms with van der Waals surface area (Å²) < 4.78 is 52.2. The van der Waals surface area contributed by atoms with Crippen molar-refractivity contribution in [2.24, 2.45) is 0 Å². The largest absolute Gasteiger partial charge is 0.497 e. The number of amides is 1. The van der Waals surface area contributed by atoms with Crippen LogP contribution in [0.4, 0.5) is 18.9 Å². The normalized spacial score (nSPS) is 11.0. The number of alkyl halides is 3. The number of ether oxygens (including phenoxy) is 3. The average Bonchev–Trinajstić information content (AvgIpc) is 2.60. The summed E-state index contributed by atoms with van der Waals surface area (Å²) in [6, 6.07) is 8.90. The number of anilines is 1. The fraction of sp³-hybridized carbons (Fsp3) is 0.278. The van der Waals surface area contributed by atoms with Crippen molar-refractivity contribution in [1.82, 2.24) is 0 Å². The smallest absolute Gasteiger partial charge is 0.422 e. The van der Waals surface area contributed by atoms with Crippen LogP contribution in [-0.2, 0) is 11.2 Å². The number of halogens is 4. The maximum Gasteiger partial charge on any atom is 0.422 e. The zero-order valence-corrected chi connectivity index (χ0v) is 15.3. The third-order valence-electron chi connectivity index (χ3n) is 3.45. The van der Waals surface area contributed by atoms with Crippen LogP contribution >= 0.6 is 11.6 Å². The zero-order chi connectivity index (χ0) is 20.0. The molecular formula is C18H17ClF3NO4. The van der Waals surface area contributed by atoms with Gasteiger partial charge in [0.25, 0.3) is 0 Å². The Morgan fingerprint density at radius 3 is 2.44 bits per heavy atom. The topological polar surface area (TPSA) is 56.8 Å². The minimum absolute atomic E-state index is 0.0456. The first-order valence-electron chi connectivity index (χ1n) is 7.71. The second-order valence-corrected chi connectivity index (χ2v) is 5.88. The van der Waals surface area contributed by atoms with Gasteiger partial charge in [0, 0.05) is 16.7 Å². The SMILES string of the molecule is COc1ccc(CC(=O)Nc2cc(Cl)ccc2OCC(F)(F)F)c(OC)c1. The summed E-state index contributed by atoms with van der Waals surface area (Å²) >= 11 is 5.87. The molecule has 0 saturated carbocycles. The van der Waals surface area contributed by atoms with Crippen molar-refractivity contribution in [3.63, 3.8) is 0 Å².